The molecule has 0 saturated heterocycles. The van der Waals surface area contributed by atoms with Crippen molar-refractivity contribution in [2.45, 2.75) is 32.2 Å². The third kappa shape index (κ3) is 3.50. The predicted molar refractivity (Wildman–Crippen MR) is 58.0 cm³/mol. The van der Waals surface area contributed by atoms with E-state index in [1.54, 1.807) is 6.08 Å². The molecule has 0 aromatic rings. The highest BCUT2D eigenvalue weighted by molar-refractivity contribution is 5.78. The van der Waals surface area contributed by atoms with E-state index in [1.807, 2.05) is 0 Å². The summed E-state index contributed by atoms with van der Waals surface area (Å²) >= 11 is 0. The number of carbonyl (C=O) groups excluding carboxylic acids is 1. The Hall–Kier alpha value is -0.830. The second-order valence-corrected chi connectivity index (χ2v) is 4.46. The van der Waals surface area contributed by atoms with Crippen LogP contribution in [0.1, 0.15) is 26.7 Å². The number of hydrogen-bond donors (Lipinski definition) is 2. The average Bonchev–Trinajstić information content (AvgIpc) is 2.85. The van der Waals surface area contributed by atoms with E-state index in [-0.39, 0.29) is 11.4 Å². The summed E-state index contributed by atoms with van der Waals surface area (Å²) < 4.78 is 0. The topological polar surface area (TPSA) is 41.1 Å². The van der Waals surface area contributed by atoms with Crippen LogP contribution in [0.4, 0.5) is 0 Å². The van der Waals surface area contributed by atoms with Gasteiger partial charge in [0.15, 0.2) is 0 Å². The first kappa shape index (κ1) is 11.2. The zero-order valence-electron chi connectivity index (χ0n) is 9.10. The lowest BCUT2D eigenvalue weighted by atomic mass is 9.99. The summed E-state index contributed by atoms with van der Waals surface area (Å²) in [5.74, 6) is 0.745. The SMILES string of the molecule is C=CCNCC(=O)NC(C)(C)C1CC1. The van der Waals surface area contributed by atoms with E-state index in [4.69, 9.17) is 0 Å². The standard InChI is InChI=1S/C11H20N2O/c1-4-7-12-8-10(14)13-11(2,3)9-5-6-9/h4,9,12H,1,5-8H2,2-3H3,(H,13,14). The van der Waals surface area contributed by atoms with Gasteiger partial charge in [0, 0.05) is 12.1 Å². The monoisotopic (exact) mass is 196 g/mol. The third-order valence-corrected chi connectivity index (χ3v) is 2.63. The van der Waals surface area contributed by atoms with Crippen molar-refractivity contribution in [2.24, 2.45) is 5.92 Å². The summed E-state index contributed by atoms with van der Waals surface area (Å²) in [7, 11) is 0. The minimum Gasteiger partial charge on any atom is -0.350 e. The molecule has 3 heteroatoms. The smallest absolute Gasteiger partial charge is 0.234 e. The maximum atomic E-state index is 11.5. The van der Waals surface area contributed by atoms with Crippen LogP contribution in [0.3, 0.4) is 0 Å². The number of amides is 1. The lowest BCUT2D eigenvalue weighted by Gasteiger charge is -2.26. The molecule has 0 radical (unpaired) electrons. The van der Waals surface area contributed by atoms with Crippen LogP contribution in [0.5, 0.6) is 0 Å². The number of hydrogen-bond acceptors (Lipinski definition) is 2. The van der Waals surface area contributed by atoms with Crippen LogP contribution in [0.2, 0.25) is 0 Å². The van der Waals surface area contributed by atoms with Gasteiger partial charge >= 0.3 is 0 Å². The molecule has 0 aromatic carbocycles. The van der Waals surface area contributed by atoms with E-state index in [2.05, 4.69) is 31.1 Å². The minimum absolute atomic E-state index is 0.0348. The van der Waals surface area contributed by atoms with Crippen LogP contribution >= 0.6 is 0 Å². The molecule has 1 aliphatic carbocycles. The van der Waals surface area contributed by atoms with Crippen LogP contribution in [-0.2, 0) is 4.79 Å². The van der Waals surface area contributed by atoms with Gasteiger partial charge in [-0.15, -0.1) is 6.58 Å². The summed E-state index contributed by atoms with van der Waals surface area (Å²) in [4.78, 5) is 11.5. The van der Waals surface area contributed by atoms with Crippen molar-refractivity contribution >= 4 is 5.91 Å². The van der Waals surface area contributed by atoms with E-state index in [0.717, 1.165) is 0 Å². The fraction of sp³-hybridized carbons (Fsp3) is 0.727. The molecule has 1 rings (SSSR count). The van der Waals surface area contributed by atoms with Gasteiger partial charge in [-0.1, -0.05) is 6.08 Å². The fourth-order valence-corrected chi connectivity index (χ4v) is 1.60. The zero-order chi connectivity index (χ0) is 10.6. The van der Waals surface area contributed by atoms with Crippen LogP contribution in [0, 0.1) is 5.92 Å². The lowest BCUT2D eigenvalue weighted by Crippen LogP contribution is -2.48. The summed E-state index contributed by atoms with van der Waals surface area (Å²) in [6.45, 7) is 8.82. The Morgan fingerprint density at radius 1 is 1.57 bits per heavy atom. The molecule has 0 unspecified atom stereocenters. The summed E-state index contributed by atoms with van der Waals surface area (Å²) in [6, 6.07) is 0. The van der Waals surface area contributed by atoms with Crippen LogP contribution < -0.4 is 10.6 Å². The Morgan fingerprint density at radius 3 is 2.71 bits per heavy atom. The van der Waals surface area contributed by atoms with Gasteiger partial charge in [0.05, 0.1) is 6.54 Å². The average molecular weight is 196 g/mol. The Morgan fingerprint density at radius 2 is 2.21 bits per heavy atom. The highest BCUT2D eigenvalue weighted by atomic mass is 16.2. The Balaban J connectivity index is 2.21. The molecule has 1 saturated carbocycles. The lowest BCUT2D eigenvalue weighted by molar-refractivity contribution is -0.122. The van der Waals surface area contributed by atoms with Crippen molar-refractivity contribution in [3.63, 3.8) is 0 Å². The van der Waals surface area contributed by atoms with Gasteiger partial charge in [0.1, 0.15) is 0 Å². The van der Waals surface area contributed by atoms with Crippen LogP contribution in [0.25, 0.3) is 0 Å². The third-order valence-electron chi connectivity index (χ3n) is 2.63. The quantitative estimate of drug-likeness (QED) is 0.493. The molecular formula is C11H20N2O. The molecule has 0 aromatic heterocycles. The van der Waals surface area contributed by atoms with E-state index < -0.39 is 0 Å². The molecule has 0 aliphatic heterocycles. The first-order valence-corrected chi connectivity index (χ1v) is 5.19. The highest BCUT2D eigenvalue weighted by Crippen LogP contribution is 2.38. The van der Waals surface area contributed by atoms with Crippen molar-refractivity contribution in [3.8, 4) is 0 Å². The van der Waals surface area contributed by atoms with Gasteiger partial charge in [-0.05, 0) is 32.6 Å². The van der Waals surface area contributed by atoms with Gasteiger partial charge in [0.25, 0.3) is 0 Å². The van der Waals surface area contributed by atoms with Crippen LogP contribution in [0.15, 0.2) is 12.7 Å². The van der Waals surface area contributed by atoms with E-state index >= 15 is 0 Å². The minimum atomic E-state index is -0.0348. The number of carbonyl (C=O) groups is 1. The zero-order valence-corrected chi connectivity index (χ0v) is 9.10. The first-order valence-electron chi connectivity index (χ1n) is 5.19. The van der Waals surface area contributed by atoms with Gasteiger partial charge in [-0.2, -0.15) is 0 Å². The van der Waals surface area contributed by atoms with Crippen molar-refractivity contribution in [2.75, 3.05) is 13.1 Å². The molecule has 0 heterocycles. The van der Waals surface area contributed by atoms with Crippen LogP contribution in [-0.4, -0.2) is 24.5 Å². The maximum Gasteiger partial charge on any atom is 0.234 e. The molecule has 1 fully saturated rings. The molecular weight excluding hydrogens is 176 g/mol. The normalized spacial score (nSPS) is 16.4. The molecule has 80 valence electrons. The van der Waals surface area contributed by atoms with Gasteiger partial charge < -0.3 is 10.6 Å². The number of nitrogens with one attached hydrogen (secondary N) is 2. The Labute approximate surface area is 86.0 Å². The highest BCUT2D eigenvalue weighted by Gasteiger charge is 2.38. The molecule has 1 amide bonds. The van der Waals surface area contributed by atoms with E-state index in [9.17, 15) is 4.79 Å². The van der Waals surface area contributed by atoms with Crippen molar-refractivity contribution < 1.29 is 4.79 Å². The summed E-state index contributed by atoms with van der Waals surface area (Å²) in [6.07, 6.45) is 4.24. The fourth-order valence-electron chi connectivity index (χ4n) is 1.60. The Bertz CT molecular complexity index is 219. The predicted octanol–water partition coefficient (Wildman–Crippen LogP) is 1.07. The second kappa shape index (κ2) is 4.60. The molecule has 0 spiro atoms. The van der Waals surface area contributed by atoms with Gasteiger partial charge in [-0.25, -0.2) is 0 Å². The maximum absolute atomic E-state index is 11.5. The number of rotatable bonds is 6. The van der Waals surface area contributed by atoms with Crippen molar-refractivity contribution in [3.05, 3.63) is 12.7 Å². The Kier molecular flexibility index (Phi) is 3.69. The second-order valence-electron chi connectivity index (χ2n) is 4.46. The first-order chi connectivity index (χ1) is 6.56. The molecule has 3 nitrogen and oxygen atoms in total. The largest absolute Gasteiger partial charge is 0.350 e. The van der Waals surface area contributed by atoms with Crippen molar-refractivity contribution in [1.82, 2.24) is 10.6 Å². The van der Waals surface area contributed by atoms with Gasteiger partial charge in [0.2, 0.25) is 5.91 Å². The molecule has 0 bridgehead atoms. The van der Waals surface area contributed by atoms with E-state index in [0.29, 0.717) is 19.0 Å². The molecule has 1 aliphatic rings. The summed E-state index contributed by atoms with van der Waals surface area (Å²) in [5.41, 5.74) is -0.0348. The van der Waals surface area contributed by atoms with Crippen molar-refractivity contribution in [1.29, 1.82) is 0 Å². The van der Waals surface area contributed by atoms with Gasteiger partial charge in [-0.3, -0.25) is 4.79 Å². The summed E-state index contributed by atoms with van der Waals surface area (Å²) in [5, 5.41) is 6.03. The molecule has 2 N–H and O–H groups in total. The molecule has 14 heavy (non-hydrogen) atoms. The van der Waals surface area contributed by atoms with E-state index in [1.165, 1.54) is 12.8 Å². The molecule has 0 atom stereocenters.